The maximum Gasteiger partial charge on any atom is 0.0594 e. The van der Waals surface area contributed by atoms with E-state index in [1.165, 1.54) is 25.7 Å². The molecule has 20 heavy (non-hydrogen) atoms. The van der Waals surface area contributed by atoms with E-state index in [-0.39, 0.29) is 0 Å². The third kappa shape index (κ3) is 14.3. The fourth-order valence-corrected chi connectivity index (χ4v) is 1.81. The second kappa shape index (κ2) is 15.2. The van der Waals surface area contributed by atoms with Crippen molar-refractivity contribution in [2.75, 3.05) is 66.7 Å². The predicted octanol–water partition coefficient (Wildman–Crippen LogP) is 2.48. The third-order valence-electron chi connectivity index (χ3n) is 3.43. The van der Waals surface area contributed by atoms with Gasteiger partial charge in [-0.25, -0.2) is 0 Å². The van der Waals surface area contributed by atoms with Gasteiger partial charge in [0.1, 0.15) is 0 Å². The first-order chi connectivity index (χ1) is 9.70. The Hall–Kier alpha value is -0.160. The van der Waals surface area contributed by atoms with Crippen molar-refractivity contribution in [1.82, 2.24) is 9.80 Å². The van der Waals surface area contributed by atoms with Gasteiger partial charge in [0, 0.05) is 26.2 Å². The summed E-state index contributed by atoms with van der Waals surface area (Å²) >= 11 is 0. The SMILES string of the molecule is CCCCCC.CN1CCOCC1.CN1CCOCC1. The molecular formula is C16H36N2O2. The van der Waals surface area contributed by atoms with E-state index in [1.807, 2.05) is 0 Å². The maximum absolute atomic E-state index is 5.10. The Balaban J connectivity index is 0.000000272. The van der Waals surface area contributed by atoms with E-state index in [9.17, 15) is 0 Å². The molecule has 2 aliphatic heterocycles. The summed E-state index contributed by atoms with van der Waals surface area (Å²) < 4.78 is 10.2. The molecule has 0 atom stereocenters. The van der Waals surface area contributed by atoms with Crippen LogP contribution in [0.1, 0.15) is 39.5 Å². The molecule has 0 N–H and O–H groups in total. The van der Waals surface area contributed by atoms with Crippen LogP contribution in [0.4, 0.5) is 0 Å². The summed E-state index contributed by atoms with van der Waals surface area (Å²) in [7, 11) is 4.23. The molecule has 0 aromatic rings. The summed E-state index contributed by atoms with van der Waals surface area (Å²) in [5.41, 5.74) is 0. The van der Waals surface area contributed by atoms with Crippen LogP contribution >= 0.6 is 0 Å². The number of hydrogen-bond acceptors (Lipinski definition) is 4. The monoisotopic (exact) mass is 288 g/mol. The highest BCUT2D eigenvalue weighted by molar-refractivity contribution is 4.54. The third-order valence-corrected chi connectivity index (χ3v) is 3.43. The Kier molecular flexibility index (Phi) is 15.1. The van der Waals surface area contributed by atoms with Gasteiger partial charge in [-0.05, 0) is 14.1 Å². The molecule has 2 rings (SSSR count). The molecule has 2 saturated heterocycles. The molecule has 122 valence electrons. The largest absolute Gasteiger partial charge is 0.379 e. The zero-order valence-corrected chi connectivity index (χ0v) is 14.2. The average molecular weight is 288 g/mol. The Labute approximate surface area is 126 Å². The fourth-order valence-electron chi connectivity index (χ4n) is 1.81. The van der Waals surface area contributed by atoms with E-state index < -0.39 is 0 Å². The fraction of sp³-hybridized carbons (Fsp3) is 1.00. The quantitative estimate of drug-likeness (QED) is 0.745. The molecule has 0 aliphatic carbocycles. The number of rotatable bonds is 3. The van der Waals surface area contributed by atoms with Crippen molar-refractivity contribution < 1.29 is 9.47 Å². The smallest absolute Gasteiger partial charge is 0.0594 e. The van der Waals surface area contributed by atoms with E-state index in [2.05, 4.69) is 37.7 Å². The highest BCUT2D eigenvalue weighted by atomic mass is 16.5. The van der Waals surface area contributed by atoms with Gasteiger partial charge in [-0.15, -0.1) is 0 Å². The summed E-state index contributed by atoms with van der Waals surface area (Å²) in [5, 5.41) is 0. The normalized spacial score (nSPS) is 20.4. The molecule has 0 aromatic heterocycles. The molecule has 4 nitrogen and oxygen atoms in total. The van der Waals surface area contributed by atoms with Crippen LogP contribution in [0.15, 0.2) is 0 Å². The van der Waals surface area contributed by atoms with Crippen LogP contribution in [-0.4, -0.2) is 76.5 Å². The van der Waals surface area contributed by atoms with Crippen LogP contribution < -0.4 is 0 Å². The Morgan fingerprint density at radius 1 is 0.650 bits per heavy atom. The van der Waals surface area contributed by atoms with Gasteiger partial charge >= 0.3 is 0 Å². The highest BCUT2D eigenvalue weighted by Crippen LogP contribution is 1.95. The van der Waals surface area contributed by atoms with Crippen molar-refractivity contribution >= 4 is 0 Å². The molecule has 2 aliphatic rings. The number of ether oxygens (including phenoxy) is 2. The lowest BCUT2D eigenvalue weighted by Crippen LogP contribution is -2.32. The first-order valence-corrected chi connectivity index (χ1v) is 8.23. The van der Waals surface area contributed by atoms with E-state index in [4.69, 9.17) is 9.47 Å². The van der Waals surface area contributed by atoms with Gasteiger partial charge in [0.25, 0.3) is 0 Å². The van der Waals surface area contributed by atoms with E-state index in [0.717, 1.165) is 52.6 Å². The molecule has 0 bridgehead atoms. The molecule has 0 spiro atoms. The maximum atomic E-state index is 5.10. The van der Waals surface area contributed by atoms with Crippen molar-refractivity contribution in [3.8, 4) is 0 Å². The van der Waals surface area contributed by atoms with Crippen molar-refractivity contribution in [1.29, 1.82) is 0 Å². The van der Waals surface area contributed by atoms with Crippen LogP contribution in [0.5, 0.6) is 0 Å². The lowest BCUT2D eigenvalue weighted by molar-refractivity contribution is 0.0502. The minimum atomic E-state index is 0.913. The molecule has 0 amide bonds. The standard InChI is InChI=1S/C6H14.2C5H11NO/c1-3-5-6-4-2;2*1-6-2-4-7-5-3-6/h3-6H2,1-2H3;2*2-5H2,1H3. The van der Waals surface area contributed by atoms with Crippen molar-refractivity contribution in [3.63, 3.8) is 0 Å². The van der Waals surface area contributed by atoms with Crippen LogP contribution in [0.2, 0.25) is 0 Å². The number of nitrogens with zero attached hydrogens (tertiary/aromatic N) is 2. The van der Waals surface area contributed by atoms with Gasteiger partial charge in [-0.1, -0.05) is 39.5 Å². The average Bonchev–Trinajstić information content (AvgIpc) is 2.48. The van der Waals surface area contributed by atoms with Crippen LogP contribution in [-0.2, 0) is 9.47 Å². The predicted molar refractivity (Wildman–Crippen MR) is 86.4 cm³/mol. The Morgan fingerprint density at radius 3 is 1.10 bits per heavy atom. The number of likely N-dealkylation sites (N-methyl/N-ethyl adjacent to an activating group) is 2. The lowest BCUT2D eigenvalue weighted by atomic mass is 10.2. The molecule has 0 saturated carbocycles. The van der Waals surface area contributed by atoms with E-state index in [0.29, 0.717) is 0 Å². The molecule has 0 aromatic carbocycles. The minimum absolute atomic E-state index is 0.913. The van der Waals surface area contributed by atoms with Crippen LogP contribution in [0.25, 0.3) is 0 Å². The second-order valence-corrected chi connectivity index (χ2v) is 5.54. The first-order valence-electron chi connectivity index (χ1n) is 8.23. The molecule has 2 fully saturated rings. The minimum Gasteiger partial charge on any atom is -0.379 e. The zero-order chi connectivity index (χ0) is 15.1. The summed E-state index contributed by atoms with van der Waals surface area (Å²) in [6, 6.07) is 0. The molecule has 0 radical (unpaired) electrons. The Morgan fingerprint density at radius 2 is 0.950 bits per heavy atom. The molecule has 4 heteroatoms. The van der Waals surface area contributed by atoms with Crippen molar-refractivity contribution in [2.24, 2.45) is 0 Å². The number of unbranched alkanes of at least 4 members (excludes halogenated alkanes) is 3. The lowest BCUT2D eigenvalue weighted by Gasteiger charge is -2.21. The topological polar surface area (TPSA) is 24.9 Å². The van der Waals surface area contributed by atoms with Gasteiger partial charge < -0.3 is 19.3 Å². The van der Waals surface area contributed by atoms with Gasteiger partial charge in [-0.3, -0.25) is 0 Å². The second-order valence-electron chi connectivity index (χ2n) is 5.54. The molecule has 2 heterocycles. The van der Waals surface area contributed by atoms with E-state index >= 15 is 0 Å². The van der Waals surface area contributed by atoms with Gasteiger partial charge in [0.05, 0.1) is 26.4 Å². The summed E-state index contributed by atoms with van der Waals surface area (Å²) in [6.07, 6.45) is 5.54. The summed E-state index contributed by atoms with van der Waals surface area (Å²) in [6.45, 7) is 12.5. The van der Waals surface area contributed by atoms with Gasteiger partial charge in [0.15, 0.2) is 0 Å². The van der Waals surface area contributed by atoms with Gasteiger partial charge in [0.2, 0.25) is 0 Å². The van der Waals surface area contributed by atoms with Crippen LogP contribution in [0.3, 0.4) is 0 Å². The highest BCUT2D eigenvalue weighted by Gasteiger charge is 2.02. The summed E-state index contributed by atoms with van der Waals surface area (Å²) in [4.78, 5) is 4.53. The number of hydrogen-bond donors (Lipinski definition) is 0. The zero-order valence-electron chi connectivity index (χ0n) is 14.2. The van der Waals surface area contributed by atoms with Gasteiger partial charge in [-0.2, -0.15) is 0 Å². The Bertz CT molecular complexity index is 159. The molecule has 0 unspecified atom stereocenters. The first kappa shape index (κ1) is 19.8. The van der Waals surface area contributed by atoms with Crippen molar-refractivity contribution in [3.05, 3.63) is 0 Å². The van der Waals surface area contributed by atoms with E-state index in [1.54, 1.807) is 0 Å². The number of morpholine rings is 2. The van der Waals surface area contributed by atoms with Crippen LogP contribution in [0, 0.1) is 0 Å². The van der Waals surface area contributed by atoms with Crippen molar-refractivity contribution in [2.45, 2.75) is 39.5 Å². The molecular weight excluding hydrogens is 252 g/mol. The summed E-state index contributed by atoms with van der Waals surface area (Å²) in [5.74, 6) is 0.